The van der Waals surface area contributed by atoms with Gasteiger partial charge < -0.3 is 14.6 Å². The molecule has 2 heterocycles. The van der Waals surface area contributed by atoms with E-state index in [4.69, 9.17) is 9.47 Å². The Labute approximate surface area is 204 Å². The van der Waals surface area contributed by atoms with Crippen LogP contribution in [0.1, 0.15) is 38.1 Å². The molecule has 2 aromatic carbocycles. The van der Waals surface area contributed by atoms with Gasteiger partial charge in [-0.15, -0.1) is 0 Å². The number of nitrogens with zero attached hydrogens (tertiary/aromatic N) is 2. The van der Waals surface area contributed by atoms with Crippen LogP contribution < -0.4 is 9.64 Å². The van der Waals surface area contributed by atoms with Gasteiger partial charge in [0.15, 0.2) is 5.13 Å². The Morgan fingerprint density at radius 1 is 1.14 bits per heavy atom. The minimum atomic E-state index is -1.18. The van der Waals surface area contributed by atoms with E-state index < -0.39 is 35.3 Å². The highest BCUT2D eigenvalue weighted by molar-refractivity contribution is 7.17. The minimum Gasteiger partial charge on any atom is -0.507 e. The van der Waals surface area contributed by atoms with Crippen LogP contribution in [0.25, 0.3) is 5.76 Å². The maximum atomic E-state index is 14.2. The van der Waals surface area contributed by atoms with E-state index >= 15 is 0 Å². The molecule has 0 spiro atoms. The number of thiazole rings is 1. The number of aryl methyl sites for hydroxylation is 2. The lowest BCUT2D eigenvalue weighted by Crippen LogP contribution is -2.29. The molecule has 35 heavy (non-hydrogen) atoms. The molecule has 0 bridgehead atoms. The van der Waals surface area contributed by atoms with Gasteiger partial charge in [-0.25, -0.2) is 14.2 Å². The standard InChI is InChI=1S/C25H21FN2O6S/c1-12-10-15(8-9-17(12)33-3)20(29)18-19(14-6-5-7-16(26)11-14)28(23(31)21(18)30)25-27-13(2)22(35-25)24(32)34-4/h5-11,19,29H,1-4H3/b20-18+/t19-/m1/s1. The SMILES string of the molecule is COC(=O)c1sc(N2C(=O)C(=O)/C(=C(/O)c3ccc(OC)c(C)c3)[C@H]2c2cccc(F)c2)nc1C. The first-order valence-electron chi connectivity index (χ1n) is 10.4. The Balaban J connectivity index is 1.94. The molecule has 0 aliphatic carbocycles. The minimum absolute atomic E-state index is 0.0456. The number of methoxy groups -OCH3 is 2. The van der Waals surface area contributed by atoms with Gasteiger partial charge in [-0.1, -0.05) is 23.5 Å². The first-order valence-corrected chi connectivity index (χ1v) is 11.3. The normalized spacial score (nSPS) is 17.1. The van der Waals surface area contributed by atoms with Gasteiger partial charge >= 0.3 is 11.9 Å². The van der Waals surface area contributed by atoms with Crippen LogP contribution in [0.15, 0.2) is 48.0 Å². The van der Waals surface area contributed by atoms with Crippen LogP contribution in [0, 0.1) is 19.7 Å². The molecule has 1 fully saturated rings. The van der Waals surface area contributed by atoms with E-state index in [0.29, 0.717) is 17.0 Å². The fraction of sp³-hybridized carbons (Fsp3) is 0.200. The van der Waals surface area contributed by atoms with E-state index in [9.17, 15) is 23.9 Å². The number of carbonyl (C=O) groups excluding carboxylic acids is 3. The van der Waals surface area contributed by atoms with E-state index in [2.05, 4.69) is 4.98 Å². The zero-order chi connectivity index (χ0) is 25.4. The Bertz CT molecular complexity index is 1400. The second-order valence-corrected chi connectivity index (χ2v) is 8.79. The summed E-state index contributed by atoms with van der Waals surface area (Å²) in [5.74, 6) is -2.99. The summed E-state index contributed by atoms with van der Waals surface area (Å²) < 4.78 is 24.2. The molecule has 3 aromatic rings. The van der Waals surface area contributed by atoms with E-state index in [1.54, 1.807) is 38.1 Å². The lowest BCUT2D eigenvalue weighted by atomic mass is 9.95. The van der Waals surface area contributed by atoms with Crippen LogP contribution in [0.5, 0.6) is 5.75 Å². The quantitative estimate of drug-likeness (QED) is 0.243. The number of ether oxygens (including phenoxy) is 2. The van der Waals surface area contributed by atoms with Gasteiger partial charge in [0.1, 0.15) is 22.2 Å². The number of esters is 1. The number of benzene rings is 2. The highest BCUT2D eigenvalue weighted by atomic mass is 32.1. The van der Waals surface area contributed by atoms with Crippen LogP contribution in [0.3, 0.4) is 0 Å². The molecule has 1 atom stereocenters. The van der Waals surface area contributed by atoms with Crippen molar-refractivity contribution in [3.05, 3.63) is 81.1 Å². The number of aromatic nitrogens is 1. The zero-order valence-electron chi connectivity index (χ0n) is 19.3. The summed E-state index contributed by atoms with van der Waals surface area (Å²) in [6, 6.07) is 9.01. The lowest BCUT2D eigenvalue weighted by molar-refractivity contribution is -0.132. The second-order valence-electron chi connectivity index (χ2n) is 7.81. The highest BCUT2D eigenvalue weighted by Gasteiger charge is 2.48. The van der Waals surface area contributed by atoms with Gasteiger partial charge in [0, 0.05) is 5.56 Å². The number of carbonyl (C=O) groups is 3. The zero-order valence-corrected chi connectivity index (χ0v) is 20.1. The van der Waals surface area contributed by atoms with Crippen LogP contribution in [-0.4, -0.2) is 42.0 Å². The maximum Gasteiger partial charge on any atom is 0.350 e. The van der Waals surface area contributed by atoms with Crippen molar-refractivity contribution in [2.45, 2.75) is 19.9 Å². The molecular weight excluding hydrogens is 475 g/mol. The molecule has 0 radical (unpaired) electrons. The van der Waals surface area contributed by atoms with Crippen LogP contribution >= 0.6 is 11.3 Å². The van der Waals surface area contributed by atoms with Crippen LogP contribution in [0.2, 0.25) is 0 Å². The molecular formula is C25H21FN2O6S. The van der Waals surface area contributed by atoms with Gasteiger partial charge in [-0.2, -0.15) is 0 Å². The van der Waals surface area contributed by atoms with Crippen molar-refractivity contribution in [3.63, 3.8) is 0 Å². The van der Waals surface area contributed by atoms with E-state index in [-0.39, 0.29) is 26.7 Å². The fourth-order valence-corrected chi connectivity index (χ4v) is 4.98. The lowest BCUT2D eigenvalue weighted by Gasteiger charge is -2.23. The smallest absolute Gasteiger partial charge is 0.350 e. The van der Waals surface area contributed by atoms with Gasteiger partial charge in [-0.05, 0) is 55.3 Å². The van der Waals surface area contributed by atoms with E-state index in [1.807, 2.05) is 0 Å². The third kappa shape index (κ3) is 4.17. The molecule has 10 heteroatoms. The second kappa shape index (κ2) is 9.30. The van der Waals surface area contributed by atoms with Crippen molar-refractivity contribution in [2.75, 3.05) is 19.1 Å². The molecule has 1 N–H and O–H groups in total. The highest BCUT2D eigenvalue weighted by Crippen LogP contribution is 2.44. The summed E-state index contributed by atoms with van der Waals surface area (Å²) >= 11 is 0.868. The molecule has 0 unspecified atom stereocenters. The Morgan fingerprint density at radius 2 is 1.89 bits per heavy atom. The first-order chi connectivity index (χ1) is 16.7. The average molecular weight is 497 g/mol. The number of aliphatic hydroxyl groups is 1. The molecule has 0 saturated carbocycles. The summed E-state index contributed by atoms with van der Waals surface area (Å²) in [5, 5.41) is 11.2. The number of halogens is 1. The molecule has 1 aliphatic rings. The summed E-state index contributed by atoms with van der Waals surface area (Å²) in [7, 11) is 2.73. The van der Waals surface area contributed by atoms with Crippen molar-refractivity contribution in [2.24, 2.45) is 0 Å². The number of hydrogen-bond donors (Lipinski definition) is 1. The third-order valence-corrected chi connectivity index (χ3v) is 6.78. The van der Waals surface area contributed by atoms with Crippen molar-refractivity contribution >= 4 is 39.9 Å². The number of hydrogen-bond acceptors (Lipinski definition) is 8. The topological polar surface area (TPSA) is 106 Å². The predicted octanol–water partition coefficient (Wildman–Crippen LogP) is 4.32. The summed E-state index contributed by atoms with van der Waals surface area (Å²) in [5.41, 5.74) is 1.32. The van der Waals surface area contributed by atoms with Gasteiger partial charge in [-0.3, -0.25) is 14.5 Å². The van der Waals surface area contributed by atoms with Gasteiger partial charge in [0.05, 0.1) is 31.5 Å². The molecule has 1 saturated heterocycles. The Kier molecular flexibility index (Phi) is 6.40. The number of anilines is 1. The maximum absolute atomic E-state index is 14.2. The number of aliphatic hydroxyl groups excluding tert-OH is 1. The summed E-state index contributed by atoms with van der Waals surface area (Å²) in [6.07, 6.45) is 0. The Morgan fingerprint density at radius 3 is 2.51 bits per heavy atom. The third-order valence-electron chi connectivity index (χ3n) is 5.64. The number of Topliss-reactive ketones (excluding diaryl/α,β-unsaturated/α-hetero) is 1. The summed E-state index contributed by atoms with van der Waals surface area (Å²) in [4.78, 5) is 44.1. The Hall–Kier alpha value is -4.05. The molecule has 4 rings (SSSR count). The predicted molar refractivity (Wildman–Crippen MR) is 127 cm³/mol. The molecule has 1 aromatic heterocycles. The average Bonchev–Trinajstić information content (AvgIpc) is 3.34. The molecule has 1 aliphatic heterocycles. The van der Waals surface area contributed by atoms with E-state index in [1.165, 1.54) is 32.4 Å². The van der Waals surface area contributed by atoms with Gasteiger partial charge in [0.25, 0.3) is 5.78 Å². The van der Waals surface area contributed by atoms with Crippen molar-refractivity contribution in [1.29, 1.82) is 0 Å². The monoisotopic (exact) mass is 496 g/mol. The van der Waals surface area contributed by atoms with Crippen molar-refractivity contribution < 1.29 is 33.4 Å². The van der Waals surface area contributed by atoms with Crippen molar-refractivity contribution in [3.8, 4) is 5.75 Å². The first kappa shape index (κ1) is 24.1. The number of ketones is 1. The van der Waals surface area contributed by atoms with Crippen LogP contribution in [0.4, 0.5) is 9.52 Å². The largest absolute Gasteiger partial charge is 0.507 e. The molecule has 1 amide bonds. The summed E-state index contributed by atoms with van der Waals surface area (Å²) in [6.45, 7) is 3.34. The number of rotatable bonds is 5. The van der Waals surface area contributed by atoms with E-state index in [0.717, 1.165) is 16.2 Å². The number of amides is 1. The van der Waals surface area contributed by atoms with Crippen molar-refractivity contribution in [1.82, 2.24) is 4.98 Å². The van der Waals surface area contributed by atoms with Crippen LogP contribution in [-0.2, 0) is 14.3 Å². The molecule has 180 valence electrons. The fourth-order valence-electron chi connectivity index (χ4n) is 3.97. The van der Waals surface area contributed by atoms with Gasteiger partial charge in [0.2, 0.25) is 0 Å². The molecule has 8 nitrogen and oxygen atoms in total.